The Balaban J connectivity index is 1.63. The van der Waals surface area contributed by atoms with E-state index in [2.05, 4.69) is 23.7 Å². The summed E-state index contributed by atoms with van der Waals surface area (Å²) in [5, 5.41) is 6.71. The van der Waals surface area contributed by atoms with Crippen molar-refractivity contribution < 1.29 is 4.74 Å². The number of hydrogen-bond donors (Lipinski definition) is 1. The maximum Gasteiger partial charge on any atom is 0.0649 e. The van der Waals surface area contributed by atoms with Crippen molar-refractivity contribution in [1.29, 1.82) is 0 Å². The average molecular weight is 269 g/mol. The molecule has 2 unspecified atom stereocenters. The Bertz CT molecular complexity index is 373. The molecule has 2 aliphatic heterocycles. The lowest BCUT2D eigenvalue weighted by atomic mass is 10.0. The van der Waals surface area contributed by atoms with Crippen LogP contribution in [0.3, 0.4) is 0 Å². The smallest absolute Gasteiger partial charge is 0.0649 e. The van der Waals surface area contributed by atoms with E-state index in [9.17, 15) is 0 Å². The summed E-state index contributed by atoms with van der Waals surface area (Å²) in [6.07, 6.45) is 2.47. The molecular formula is C13H19NOS2. The van der Waals surface area contributed by atoms with Gasteiger partial charge >= 0.3 is 0 Å². The van der Waals surface area contributed by atoms with Gasteiger partial charge in [0.15, 0.2) is 0 Å². The highest BCUT2D eigenvalue weighted by Crippen LogP contribution is 2.43. The molecule has 2 nitrogen and oxygen atoms in total. The van der Waals surface area contributed by atoms with E-state index in [-0.39, 0.29) is 0 Å². The maximum absolute atomic E-state index is 5.43. The van der Waals surface area contributed by atoms with Crippen LogP contribution in [0.2, 0.25) is 0 Å². The monoisotopic (exact) mass is 269 g/mol. The van der Waals surface area contributed by atoms with Crippen LogP contribution in [-0.4, -0.2) is 25.0 Å². The quantitative estimate of drug-likeness (QED) is 0.909. The Kier molecular flexibility index (Phi) is 3.75. The van der Waals surface area contributed by atoms with Crippen LogP contribution in [-0.2, 0) is 4.74 Å². The highest BCUT2D eigenvalue weighted by atomic mass is 32.2. The van der Waals surface area contributed by atoms with Crippen molar-refractivity contribution in [1.82, 2.24) is 5.32 Å². The minimum absolute atomic E-state index is 0.563. The van der Waals surface area contributed by atoms with Gasteiger partial charge in [-0.15, -0.1) is 23.1 Å². The molecule has 1 N–H and O–H groups in total. The van der Waals surface area contributed by atoms with Gasteiger partial charge in [-0.2, -0.15) is 0 Å². The van der Waals surface area contributed by atoms with E-state index < -0.39 is 0 Å². The minimum atomic E-state index is 0.563. The van der Waals surface area contributed by atoms with Crippen molar-refractivity contribution in [3.8, 4) is 0 Å². The highest BCUT2D eigenvalue weighted by Gasteiger charge is 2.27. The van der Waals surface area contributed by atoms with Gasteiger partial charge in [0.05, 0.1) is 10.8 Å². The topological polar surface area (TPSA) is 21.3 Å². The number of fused-ring (bicyclic) bond motifs is 1. The first kappa shape index (κ1) is 12.0. The fraction of sp³-hybridized carbons (Fsp3) is 0.692. The van der Waals surface area contributed by atoms with Gasteiger partial charge in [-0.1, -0.05) is 6.92 Å². The van der Waals surface area contributed by atoms with E-state index in [0.717, 1.165) is 30.9 Å². The molecular weight excluding hydrogens is 250 g/mol. The number of thiophene rings is 1. The van der Waals surface area contributed by atoms with Crippen LogP contribution in [0, 0.1) is 5.92 Å². The number of ether oxygens (including phenoxy) is 1. The fourth-order valence-electron chi connectivity index (χ4n) is 2.60. The summed E-state index contributed by atoms with van der Waals surface area (Å²) >= 11 is 3.92. The number of rotatable bonds is 3. The Hall–Kier alpha value is -0.0300. The van der Waals surface area contributed by atoms with Crippen LogP contribution in [0.4, 0.5) is 0 Å². The third-order valence-electron chi connectivity index (χ3n) is 3.59. The molecule has 0 amide bonds. The van der Waals surface area contributed by atoms with Gasteiger partial charge in [-0.05, 0) is 35.8 Å². The predicted molar refractivity (Wildman–Crippen MR) is 73.9 cm³/mol. The van der Waals surface area contributed by atoms with Crippen molar-refractivity contribution in [2.45, 2.75) is 35.3 Å². The Labute approximate surface area is 111 Å². The van der Waals surface area contributed by atoms with Crippen LogP contribution in [0.15, 0.2) is 15.7 Å². The lowest BCUT2D eigenvalue weighted by molar-refractivity contribution is 0.184. The van der Waals surface area contributed by atoms with Gasteiger partial charge in [0.2, 0.25) is 0 Å². The summed E-state index contributed by atoms with van der Waals surface area (Å²) in [5.41, 5.74) is 1.53. The number of thioether (sulfide) groups is 1. The zero-order valence-electron chi connectivity index (χ0n) is 10.1. The molecule has 0 aromatic carbocycles. The second-order valence-electron chi connectivity index (χ2n) is 5.02. The molecule has 0 radical (unpaired) electrons. The number of nitrogens with one attached hydrogen (secondary N) is 1. The molecule has 0 aliphatic carbocycles. The highest BCUT2D eigenvalue weighted by molar-refractivity contribution is 8.01. The summed E-state index contributed by atoms with van der Waals surface area (Å²) in [7, 11) is 0. The second kappa shape index (κ2) is 5.31. The molecule has 2 aliphatic rings. The van der Waals surface area contributed by atoms with Gasteiger partial charge in [0.25, 0.3) is 0 Å². The van der Waals surface area contributed by atoms with Crippen LogP contribution >= 0.6 is 23.1 Å². The van der Waals surface area contributed by atoms with E-state index in [1.54, 1.807) is 0 Å². The van der Waals surface area contributed by atoms with E-state index in [1.807, 2.05) is 23.1 Å². The summed E-state index contributed by atoms with van der Waals surface area (Å²) in [5.74, 6) is 0.724. The van der Waals surface area contributed by atoms with Crippen molar-refractivity contribution in [3.05, 3.63) is 17.0 Å². The lowest BCUT2D eigenvalue weighted by Gasteiger charge is -2.28. The van der Waals surface area contributed by atoms with Crippen LogP contribution in [0.5, 0.6) is 0 Å². The summed E-state index contributed by atoms with van der Waals surface area (Å²) in [4.78, 5) is 0. The predicted octanol–water partition coefficient (Wildman–Crippen LogP) is 3.30. The van der Waals surface area contributed by atoms with Gasteiger partial charge in [-0.25, -0.2) is 0 Å². The Morgan fingerprint density at radius 2 is 2.47 bits per heavy atom. The first-order valence-corrected chi connectivity index (χ1v) is 8.14. The summed E-state index contributed by atoms with van der Waals surface area (Å²) < 4.78 is 6.95. The van der Waals surface area contributed by atoms with Gasteiger partial charge in [0, 0.05) is 24.4 Å². The third kappa shape index (κ3) is 2.70. The van der Waals surface area contributed by atoms with Crippen molar-refractivity contribution in [2.75, 3.05) is 19.8 Å². The fourth-order valence-corrected chi connectivity index (χ4v) is 5.16. The van der Waals surface area contributed by atoms with Gasteiger partial charge in [0.1, 0.15) is 0 Å². The molecule has 1 fully saturated rings. The molecule has 0 saturated carbocycles. The van der Waals surface area contributed by atoms with E-state index in [0.29, 0.717) is 6.04 Å². The molecule has 1 aromatic heterocycles. The lowest BCUT2D eigenvalue weighted by Crippen LogP contribution is -2.30. The summed E-state index contributed by atoms with van der Waals surface area (Å²) in [6.45, 7) is 5.34. The molecule has 3 atom stereocenters. The Morgan fingerprint density at radius 1 is 1.53 bits per heavy atom. The van der Waals surface area contributed by atoms with Crippen molar-refractivity contribution >= 4 is 23.1 Å². The van der Waals surface area contributed by atoms with Gasteiger partial charge < -0.3 is 10.1 Å². The van der Waals surface area contributed by atoms with Crippen LogP contribution in [0.1, 0.15) is 31.4 Å². The van der Waals surface area contributed by atoms with E-state index >= 15 is 0 Å². The first-order valence-electron chi connectivity index (χ1n) is 6.38. The average Bonchev–Trinajstić information content (AvgIpc) is 2.95. The standard InChI is InChI=1S/C13H19NOS2/c1-9-6-12(11-3-5-16-13(11)17-9)14-7-10-2-4-15-8-10/h3,5,9-10,12,14H,2,4,6-8H2,1H3/t9-,10?,12?/m0/s1. The van der Waals surface area contributed by atoms with Gasteiger partial charge in [-0.3, -0.25) is 0 Å². The van der Waals surface area contributed by atoms with E-state index in [1.165, 1.54) is 22.6 Å². The van der Waals surface area contributed by atoms with Crippen LogP contribution in [0.25, 0.3) is 0 Å². The zero-order chi connectivity index (χ0) is 11.7. The molecule has 0 spiro atoms. The van der Waals surface area contributed by atoms with Crippen LogP contribution < -0.4 is 5.32 Å². The summed E-state index contributed by atoms with van der Waals surface area (Å²) in [6, 6.07) is 2.86. The second-order valence-corrected chi connectivity index (χ2v) is 7.64. The molecule has 1 aromatic rings. The Morgan fingerprint density at radius 3 is 3.29 bits per heavy atom. The molecule has 4 heteroatoms. The SMILES string of the molecule is C[C@H]1CC(NCC2CCOC2)c2ccsc2S1. The maximum atomic E-state index is 5.43. The third-order valence-corrected chi connectivity index (χ3v) is 5.93. The molecule has 1 saturated heterocycles. The molecule has 3 heterocycles. The zero-order valence-corrected chi connectivity index (χ0v) is 11.8. The largest absolute Gasteiger partial charge is 0.381 e. The van der Waals surface area contributed by atoms with Crippen molar-refractivity contribution in [3.63, 3.8) is 0 Å². The molecule has 0 bridgehead atoms. The molecule has 3 rings (SSSR count). The molecule has 17 heavy (non-hydrogen) atoms. The van der Waals surface area contributed by atoms with Crippen molar-refractivity contribution in [2.24, 2.45) is 5.92 Å². The van der Waals surface area contributed by atoms with E-state index in [4.69, 9.17) is 4.74 Å². The minimum Gasteiger partial charge on any atom is -0.381 e. The molecule has 94 valence electrons. The normalized spacial score (nSPS) is 32.6. The number of hydrogen-bond acceptors (Lipinski definition) is 4. The first-order chi connectivity index (χ1) is 8.33.